The Labute approximate surface area is 146 Å². The van der Waals surface area contributed by atoms with Gasteiger partial charge in [-0.15, -0.1) is 11.3 Å². The van der Waals surface area contributed by atoms with Crippen LogP contribution in [0, 0.1) is 6.92 Å². The summed E-state index contributed by atoms with van der Waals surface area (Å²) in [5, 5.41) is 11.2. The van der Waals surface area contributed by atoms with Crippen molar-refractivity contribution in [3.8, 4) is 0 Å². The average molecular weight is 347 g/mol. The van der Waals surface area contributed by atoms with Crippen molar-refractivity contribution >= 4 is 27.4 Å². The van der Waals surface area contributed by atoms with E-state index >= 15 is 0 Å². The number of nitrogens with zero attached hydrogens (tertiary/aromatic N) is 3. The third-order valence-corrected chi connectivity index (χ3v) is 6.50. The Balaban J connectivity index is 1.59. The van der Waals surface area contributed by atoms with Gasteiger partial charge in [-0.1, -0.05) is 6.92 Å². The fraction of sp³-hybridized carbons (Fsp3) is 0.667. The molecule has 2 fully saturated rings. The molecule has 5 nitrogen and oxygen atoms in total. The topological polar surface area (TPSA) is 58.5 Å². The minimum absolute atomic E-state index is 0.126. The number of anilines is 1. The molecule has 0 amide bonds. The predicted octanol–water partition coefficient (Wildman–Crippen LogP) is 3.07. The molecule has 6 heteroatoms. The molecule has 0 bridgehead atoms. The van der Waals surface area contributed by atoms with Crippen molar-refractivity contribution in [3.63, 3.8) is 0 Å². The molecular weight excluding hydrogens is 322 g/mol. The van der Waals surface area contributed by atoms with Gasteiger partial charge in [0.2, 0.25) is 0 Å². The third kappa shape index (κ3) is 2.91. The number of aliphatic hydroxyl groups is 1. The van der Waals surface area contributed by atoms with E-state index in [0.717, 1.165) is 61.7 Å². The van der Waals surface area contributed by atoms with Gasteiger partial charge in [-0.25, -0.2) is 9.97 Å². The molecule has 0 aliphatic carbocycles. The van der Waals surface area contributed by atoms with E-state index in [2.05, 4.69) is 22.9 Å². The van der Waals surface area contributed by atoms with Gasteiger partial charge in [0.25, 0.3) is 0 Å². The Morgan fingerprint density at radius 1 is 1.38 bits per heavy atom. The Morgan fingerprint density at radius 3 is 2.88 bits per heavy atom. The quantitative estimate of drug-likeness (QED) is 0.905. The van der Waals surface area contributed by atoms with E-state index in [4.69, 9.17) is 9.72 Å². The fourth-order valence-electron chi connectivity index (χ4n) is 3.95. The van der Waals surface area contributed by atoms with E-state index in [0.29, 0.717) is 6.61 Å². The van der Waals surface area contributed by atoms with Crippen molar-refractivity contribution in [1.29, 1.82) is 0 Å². The monoisotopic (exact) mass is 347 g/mol. The van der Waals surface area contributed by atoms with Gasteiger partial charge in [-0.05, 0) is 38.7 Å². The van der Waals surface area contributed by atoms with E-state index in [1.54, 1.807) is 11.3 Å². The first-order valence-electron chi connectivity index (χ1n) is 8.92. The van der Waals surface area contributed by atoms with Gasteiger partial charge in [0.05, 0.1) is 17.1 Å². The summed E-state index contributed by atoms with van der Waals surface area (Å²) in [6.45, 7) is 6.69. The van der Waals surface area contributed by atoms with Crippen molar-refractivity contribution in [2.24, 2.45) is 0 Å². The van der Waals surface area contributed by atoms with Crippen molar-refractivity contribution in [1.82, 2.24) is 9.97 Å². The summed E-state index contributed by atoms with van der Waals surface area (Å²) >= 11 is 1.78. The zero-order chi connectivity index (χ0) is 16.7. The van der Waals surface area contributed by atoms with Crippen LogP contribution in [0.2, 0.25) is 0 Å². The van der Waals surface area contributed by atoms with Gasteiger partial charge in [0.1, 0.15) is 16.5 Å². The standard InChI is InChI=1S/C18H25N3O2S/c1-3-14-10-15-16(19-12(2)20-17(15)24-14)21-7-5-18(6-8-21)11-13(22)4-9-23-18/h10,13,22H,3-9,11H2,1-2H3. The van der Waals surface area contributed by atoms with Crippen LogP contribution in [0.25, 0.3) is 10.2 Å². The van der Waals surface area contributed by atoms with Crippen molar-refractivity contribution in [2.45, 2.75) is 57.7 Å². The molecule has 24 heavy (non-hydrogen) atoms. The van der Waals surface area contributed by atoms with Crippen molar-refractivity contribution in [2.75, 3.05) is 24.6 Å². The first kappa shape index (κ1) is 16.2. The third-order valence-electron chi connectivity index (χ3n) is 5.33. The molecule has 0 aromatic carbocycles. The van der Waals surface area contributed by atoms with E-state index in [9.17, 15) is 5.11 Å². The summed E-state index contributed by atoms with van der Waals surface area (Å²) in [5.74, 6) is 1.91. The van der Waals surface area contributed by atoms with Crippen LogP contribution in [0.15, 0.2) is 6.07 Å². The number of fused-ring (bicyclic) bond motifs is 1. The van der Waals surface area contributed by atoms with Gasteiger partial charge in [0, 0.05) is 31.0 Å². The normalized spacial score (nSPS) is 24.0. The highest BCUT2D eigenvalue weighted by Crippen LogP contribution is 2.38. The lowest BCUT2D eigenvalue weighted by molar-refractivity contribution is -0.128. The molecule has 2 aliphatic heterocycles. The number of hydrogen-bond donors (Lipinski definition) is 1. The van der Waals surface area contributed by atoms with Crippen molar-refractivity contribution in [3.05, 3.63) is 16.8 Å². The summed E-state index contributed by atoms with van der Waals surface area (Å²) < 4.78 is 6.08. The lowest BCUT2D eigenvalue weighted by Gasteiger charge is -2.45. The SMILES string of the molecule is CCc1cc2c(N3CCC4(CC3)CC(O)CCO4)nc(C)nc2s1. The van der Waals surface area contributed by atoms with Gasteiger partial charge in [0.15, 0.2) is 0 Å². The summed E-state index contributed by atoms with van der Waals surface area (Å²) in [6, 6.07) is 2.25. The second kappa shape index (κ2) is 6.24. The van der Waals surface area contributed by atoms with E-state index < -0.39 is 0 Å². The fourth-order valence-corrected chi connectivity index (χ4v) is 4.96. The zero-order valence-corrected chi connectivity index (χ0v) is 15.2. The molecule has 4 heterocycles. The van der Waals surface area contributed by atoms with Gasteiger partial charge in [-0.3, -0.25) is 0 Å². The maximum Gasteiger partial charge on any atom is 0.141 e. The molecule has 1 spiro atoms. The number of ether oxygens (including phenoxy) is 1. The van der Waals surface area contributed by atoms with Crippen LogP contribution >= 0.6 is 11.3 Å². The second-order valence-corrected chi connectivity index (χ2v) is 8.16. The number of piperidine rings is 1. The Bertz CT molecular complexity index is 737. The first-order valence-corrected chi connectivity index (χ1v) is 9.74. The number of aliphatic hydroxyl groups excluding tert-OH is 1. The largest absolute Gasteiger partial charge is 0.393 e. The van der Waals surface area contributed by atoms with Crippen LogP contribution < -0.4 is 4.90 Å². The number of aryl methyl sites for hydroxylation is 2. The summed E-state index contributed by atoms with van der Waals surface area (Å²) in [5.41, 5.74) is -0.126. The summed E-state index contributed by atoms with van der Waals surface area (Å²) in [7, 11) is 0. The molecule has 2 saturated heterocycles. The maximum absolute atomic E-state index is 10.0. The maximum atomic E-state index is 10.0. The molecule has 1 unspecified atom stereocenters. The zero-order valence-electron chi connectivity index (χ0n) is 14.4. The Hall–Kier alpha value is -1.24. The average Bonchev–Trinajstić information content (AvgIpc) is 2.98. The molecule has 1 atom stereocenters. The van der Waals surface area contributed by atoms with Crippen LogP contribution in [-0.4, -0.2) is 46.5 Å². The van der Waals surface area contributed by atoms with Crippen LogP contribution in [0.3, 0.4) is 0 Å². The van der Waals surface area contributed by atoms with Crippen LogP contribution in [0.5, 0.6) is 0 Å². The molecule has 2 aliphatic rings. The van der Waals surface area contributed by atoms with Crippen LogP contribution in [0.4, 0.5) is 5.82 Å². The highest BCUT2D eigenvalue weighted by atomic mass is 32.1. The number of aromatic nitrogens is 2. The van der Waals surface area contributed by atoms with Gasteiger partial charge in [-0.2, -0.15) is 0 Å². The number of rotatable bonds is 2. The lowest BCUT2D eigenvalue weighted by Crippen LogP contribution is -2.50. The van der Waals surface area contributed by atoms with Gasteiger partial charge >= 0.3 is 0 Å². The molecule has 4 rings (SSSR count). The minimum Gasteiger partial charge on any atom is -0.393 e. The number of thiophene rings is 1. The molecular formula is C18H25N3O2S. The molecule has 0 saturated carbocycles. The Kier molecular flexibility index (Phi) is 4.22. The summed E-state index contributed by atoms with van der Waals surface area (Å²) in [4.78, 5) is 14.2. The van der Waals surface area contributed by atoms with E-state index in [-0.39, 0.29) is 11.7 Å². The van der Waals surface area contributed by atoms with Crippen molar-refractivity contribution < 1.29 is 9.84 Å². The highest BCUT2D eigenvalue weighted by Gasteiger charge is 2.40. The molecule has 0 radical (unpaired) electrons. The minimum atomic E-state index is -0.206. The second-order valence-electron chi connectivity index (χ2n) is 7.04. The number of hydrogen-bond acceptors (Lipinski definition) is 6. The Morgan fingerprint density at radius 2 is 2.17 bits per heavy atom. The van der Waals surface area contributed by atoms with E-state index in [1.165, 1.54) is 10.3 Å². The molecule has 2 aromatic rings. The molecule has 130 valence electrons. The summed E-state index contributed by atoms with van der Waals surface area (Å²) in [6.07, 6.45) is 4.29. The molecule has 1 N–H and O–H groups in total. The highest BCUT2D eigenvalue weighted by molar-refractivity contribution is 7.18. The predicted molar refractivity (Wildman–Crippen MR) is 96.9 cm³/mol. The first-order chi connectivity index (χ1) is 11.6. The van der Waals surface area contributed by atoms with Crippen LogP contribution in [-0.2, 0) is 11.2 Å². The smallest absolute Gasteiger partial charge is 0.141 e. The van der Waals surface area contributed by atoms with Crippen LogP contribution in [0.1, 0.15) is 43.3 Å². The van der Waals surface area contributed by atoms with E-state index in [1.807, 2.05) is 6.92 Å². The van der Waals surface area contributed by atoms with Gasteiger partial charge < -0.3 is 14.7 Å². The lowest BCUT2D eigenvalue weighted by atomic mass is 9.83. The molecule has 2 aromatic heterocycles.